The van der Waals surface area contributed by atoms with E-state index in [-0.39, 0.29) is 0 Å². The van der Waals surface area contributed by atoms with E-state index in [1.807, 2.05) is 6.08 Å². The zero-order chi connectivity index (χ0) is 14.5. The predicted octanol–water partition coefficient (Wildman–Crippen LogP) is 2.67. The topological polar surface area (TPSA) is 20.2 Å². The van der Waals surface area contributed by atoms with E-state index in [1.165, 1.54) is 42.5 Å². The number of nitrogens with zero attached hydrogens (tertiary/aromatic N) is 2. The molecule has 0 spiro atoms. The van der Waals surface area contributed by atoms with Crippen LogP contribution in [0.5, 0.6) is 0 Å². The number of aromatic nitrogens is 1. The molecule has 0 aliphatic carbocycles. The maximum absolute atomic E-state index is 3.86. The van der Waals surface area contributed by atoms with Crippen LogP contribution in [-0.2, 0) is 13.0 Å². The van der Waals surface area contributed by atoms with E-state index in [9.17, 15) is 0 Å². The SMILES string of the molecule is C=CCn1cc(CCCN2CCNCC2)c2ccccc21. The van der Waals surface area contributed by atoms with Gasteiger partial charge in [0.1, 0.15) is 0 Å². The Morgan fingerprint density at radius 1 is 1.19 bits per heavy atom. The van der Waals surface area contributed by atoms with Gasteiger partial charge in [-0.15, -0.1) is 6.58 Å². The van der Waals surface area contributed by atoms with E-state index >= 15 is 0 Å². The second-order valence-electron chi connectivity index (χ2n) is 5.81. The second kappa shape index (κ2) is 6.92. The summed E-state index contributed by atoms with van der Waals surface area (Å²) in [5.74, 6) is 0. The summed E-state index contributed by atoms with van der Waals surface area (Å²) in [5, 5.41) is 4.81. The van der Waals surface area contributed by atoms with E-state index in [0.717, 1.165) is 26.1 Å². The molecule has 21 heavy (non-hydrogen) atoms. The number of hydrogen-bond donors (Lipinski definition) is 1. The molecule has 1 fully saturated rings. The number of benzene rings is 1. The van der Waals surface area contributed by atoms with Crippen LogP contribution in [-0.4, -0.2) is 42.2 Å². The standard InChI is InChI=1S/C18H25N3/c1-2-11-21-15-16(17-7-3-4-8-18(17)21)6-5-12-20-13-9-19-10-14-20/h2-4,7-8,15,19H,1,5-6,9-14H2. The molecule has 0 amide bonds. The molecule has 1 aliphatic heterocycles. The van der Waals surface area contributed by atoms with Crippen LogP contribution in [0.4, 0.5) is 0 Å². The van der Waals surface area contributed by atoms with Gasteiger partial charge in [-0.2, -0.15) is 0 Å². The largest absolute Gasteiger partial charge is 0.343 e. The molecule has 0 atom stereocenters. The molecule has 1 saturated heterocycles. The van der Waals surface area contributed by atoms with Crippen molar-refractivity contribution in [1.29, 1.82) is 0 Å². The highest BCUT2D eigenvalue weighted by Gasteiger charge is 2.10. The van der Waals surface area contributed by atoms with Crippen LogP contribution in [0.3, 0.4) is 0 Å². The van der Waals surface area contributed by atoms with E-state index in [0.29, 0.717) is 0 Å². The van der Waals surface area contributed by atoms with Crippen molar-refractivity contribution >= 4 is 10.9 Å². The molecule has 1 aromatic heterocycles. The molecule has 2 heterocycles. The summed E-state index contributed by atoms with van der Waals surface area (Å²) in [5.41, 5.74) is 2.80. The Balaban J connectivity index is 1.67. The molecule has 0 bridgehead atoms. The zero-order valence-corrected chi connectivity index (χ0v) is 12.7. The highest BCUT2D eigenvalue weighted by atomic mass is 15.2. The van der Waals surface area contributed by atoms with Gasteiger partial charge in [0.05, 0.1) is 0 Å². The number of nitrogens with one attached hydrogen (secondary N) is 1. The zero-order valence-electron chi connectivity index (χ0n) is 12.7. The van der Waals surface area contributed by atoms with E-state index in [1.54, 1.807) is 0 Å². The van der Waals surface area contributed by atoms with Gasteiger partial charge < -0.3 is 14.8 Å². The summed E-state index contributed by atoms with van der Waals surface area (Å²) in [6.45, 7) is 10.6. The molecule has 0 radical (unpaired) electrons. The highest BCUT2D eigenvalue weighted by Crippen LogP contribution is 2.22. The van der Waals surface area contributed by atoms with Crippen molar-refractivity contribution in [3.63, 3.8) is 0 Å². The van der Waals surface area contributed by atoms with Gasteiger partial charge in [-0.25, -0.2) is 0 Å². The van der Waals surface area contributed by atoms with Gasteiger partial charge in [0.25, 0.3) is 0 Å². The van der Waals surface area contributed by atoms with Crippen molar-refractivity contribution in [3.8, 4) is 0 Å². The first-order valence-electron chi connectivity index (χ1n) is 7.99. The predicted molar refractivity (Wildman–Crippen MR) is 89.8 cm³/mol. The summed E-state index contributed by atoms with van der Waals surface area (Å²) in [6, 6.07) is 8.71. The Hall–Kier alpha value is -1.58. The fourth-order valence-electron chi connectivity index (χ4n) is 3.24. The summed E-state index contributed by atoms with van der Waals surface area (Å²) in [4.78, 5) is 2.57. The number of aryl methyl sites for hydroxylation is 1. The van der Waals surface area contributed by atoms with Crippen molar-refractivity contribution in [2.75, 3.05) is 32.7 Å². The number of hydrogen-bond acceptors (Lipinski definition) is 2. The van der Waals surface area contributed by atoms with Gasteiger partial charge in [0, 0.05) is 49.8 Å². The summed E-state index contributed by atoms with van der Waals surface area (Å²) in [7, 11) is 0. The molecule has 3 nitrogen and oxygen atoms in total. The fourth-order valence-corrected chi connectivity index (χ4v) is 3.24. The Morgan fingerprint density at radius 2 is 2.00 bits per heavy atom. The molecule has 1 aliphatic rings. The van der Waals surface area contributed by atoms with Gasteiger partial charge in [0.15, 0.2) is 0 Å². The van der Waals surface area contributed by atoms with Crippen LogP contribution >= 0.6 is 0 Å². The Bertz CT molecular complexity index is 594. The minimum atomic E-state index is 0.887. The van der Waals surface area contributed by atoms with E-state index in [4.69, 9.17) is 0 Å². The van der Waals surface area contributed by atoms with Crippen LogP contribution < -0.4 is 5.32 Å². The number of allylic oxidation sites excluding steroid dienone is 1. The van der Waals surface area contributed by atoms with Crippen molar-refractivity contribution in [1.82, 2.24) is 14.8 Å². The number of piperazine rings is 1. The normalized spacial score (nSPS) is 16.4. The Kier molecular flexibility index (Phi) is 4.73. The minimum absolute atomic E-state index is 0.887. The van der Waals surface area contributed by atoms with Gasteiger partial charge >= 0.3 is 0 Å². The van der Waals surface area contributed by atoms with Crippen LogP contribution in [0.25, 0.3) is 10.9 Å². The molecule has 3 rings (SSSR count). The van der Waals surface area contributed by atoms with Gasteiger partial charge in [-0.3, -0.25) is 0 Å². The third-order valence-electron chi connectivity index (χ3n) is 4.33. The lowest BCUT2D eigenvalue weighted by atomic mass is 10.1. The Morgan fingerprint density at radius 3 is 2.81 bits per heavy atom. The average molecular weight is 283 g/mol. The molecule has 0 unspecified atom stereocenters. The first kappa shape index (κ1) is 14.4. The molecule has 0 saturated carbocycles. The van der Waals surface area contributed by atoms with Gasteiger partial charge in [0.2, 0.25) is 0 Å². The van der Waals surface area contributed by atoms with E-state index < -0.39 is 0 Å². The van der Waals surface area contributed by atoms with Crippen molar-refractivity contribution < 1.29 is 0 Å². The average Bonchev–Trinajstić information content (AvgIpc) is 2.87. The number of rotatable bonds is 6. The fraction of sp³-hybridized carbons (Fsp3) is 0.444. The first-order chi connectivity index (χ1) is 10.4. The molecular formula is C18H25N3. The molecular weight excluding hydrogens is 258 g/mol. The van der Waals surface area contributed by atoms with E-state index in [2.05, 4.69) is 51.8 Å². The molecule has 112 valence electrons. The maximum Gasteiger partial charge on any atom is 0.0486 e. The minimum Gasteiger partial charge on any atom is -0.343 e. The Labute approximate surface area is 127 Å². The lowest BCUT2D eigenvalue weighted by Gasteiger charge is -2.26. The number of fused-ring (bicyclic) bond motifs is 1. The van der Waals surface area contributed by atoms with Gasteiger partial charge in [-0.05, 0) is 31.0 Å². The maximum atomic E-state index is 3.86. The number of para-hydroxylation sites is 1. The molecule has 2 aromatic rings. The van der Waals surface area contributed by atoms with Crippen molar-refractivity contribution in [2.24, 2.45) is 0 Å². The molecule has 3 heteroatoms. The first-order valence-corrected chi connectivity index (χ1v) is 7.99. The van der Waals surface area contributed by atoms with Crippen LogP contribution in [0.2, 0.25) is 0 Å². The summed E-state index contributed by atoms with van der Waals surface area (Å²) >= 11 is 0. The van der Waals surface area contributed by atoms with Crippen LogP contribution in [0.15, 0.2) is 43.1 Å². The monoisotopic (exact) mass is 283 g/mol. The summed E-state index contributed by atoms with van der Waals surface area (Å²) < 4.78 is 2.31. The third-order valence-corrected chi connectivity index (χ3v) is 4.33. The lowest BCUT2D eigenvalue weighted by Crippen LogP contribution is -2.43. The smallest absolute Gasteiger partial charge is 0.0486 e. The quantitative estimate of drug-likeness (QED) is 0.823. The molecule has 1 N–H and O–H groups in total. The lowest BCUT2D eigenvalue weighted by molar-refractivity contribution is 0.238. The second-order valence-corrected chi connectivity index (χ2v) is 5.81. The summed E-state index contributed by atoms with van der Waals surface area (Å²) in [6.07, 6.45) is 6.68. The molecule has 1 aromatic carbocycles. The van der Waals surface area contributed by atoms with Crippen LogP contribution in [0.1, 0.15) is 12.0 Å². The van der Waals surface area contributed by atoms with Gasteiger partial charge in [-0.1, -0.05) is 24.3 Å². The third kappa shape index (κ3) is 3.36. The van der Waals surface area contributed by atoms with Crippen LogP contribution in [0, 0.1) is 0 Å². The van der Waals surface area contributed by atoms with Crippen molar-refractivity contribution in [3.05, 3.63) is 48.7 Å². The highest BCUT2D eigenvalue weighted by molar-refractivity contribution is 5.84. The van der Waals surface area contributed by atoms with Crippen molar-refractivity contribution in [2.45, 2.75) is 19.4 Å².